The Kier molecular flexibility index (Phi) is 5.23. The SMILES string of the molecule is c1cnc(Nc2cc(-c3nc(N4CCNCC4)c4c(C5CCC5)cncc4n3)ccn2)cn1. The highest BCUT2D eigenvalue weighted by atomic mass is 15.2. The minimum atomic E-state index is 0.557. The number of hydrogen-bond donors (Lipinski definition) is 2. The van der Waals surface area contributed by atoms with Crippen LogP contribution in [0.4, 0.5) is 17.5 Å². The van der Waals surface area contributed by atoms with Crippen molar-refractivity contribution >= 4 is 28.4 Å². The molecular weight excluding hydrogens is 414 g/mol. The molecule has 1 saturated heterocycles. The van der Waals surface area contributed by atoms with Gasteiger partial charge in [-0.2, -0.15) is 0 Å². The molecule has 5 heterocycles. The van der Waals surface area contributed by atoms with Crippen molar-refractivity contribution in [2.24, 2.45) is 0 Å². The monoisotopic (exact) mass is 439 g/mol. The number of aromatic nitrogens is 6. The summed E-state index contributed by atoms with van der Waals surface area (Å²) in [5.41, 5.74) is 3.08. The van der Waals surface area contributed by atoms with Crippen molar-refractivity contribution in [1.82, 2.24) is 35.2 Å². The lowest BCUT2D eigenvalue weighted by molar-refractivity contribution is 0.421. The number of piperazine rings is 1. The highest BCUT2D eigenvalue weighted by Crippen LogP contribution is 2.42. The van der Waals surface area contributed by atoms with Crippen LogP contribution in [0.3, 0.4) is 0 Å². The standard InChI is InChI=1S/C24H25N9/c1-2-16(3-1)18-13-27-14-19-22(18)24(33-10-8-25-9-11-33)32-23(30-19)17-4-5-28-20(12-17)31-21-15-26-6-7-29-21/h4-7,12-16,25H,1-3,8-11H2,(H,28,29,31). The van der Waals surface area contributed by atoms with Gasteiger partial charge in [0.25, 0.3) is 0 Å². The summed E-state index contributed by atoms with van der Waals surface area (Å²) in [6.07, 6.45) is 14.3. The van der Waals surface area contributed by atoms with E-state index in [2.05, 4.69) is 35.5 Å². The number of rotatable bonds is 5. The van der Waals surface area contributed by atoms with Gasteiger partial charge in [0.2, 0.25) is 0 Å². The van der Waals surface area contributed by atoms with Gasteiger partial charge in [-0.05, 0) is 36.5 Å². The molecule has 1 aliphatic carbocycles. The molecule has 4 aromatic rings. The van der Waals surface area contributed by atoms with Crippen LogP contribution in [0.25, 0.3) is 22.3 Å². The number of anilines is 3. The summed E-state index contributed by atoms with van der Waals surface area (Å²) in [6, 6.07) is 3.88. The van der Waals surface area contributed by atoms with Gasteiger partial charge in [0.05, 0.1) is 17.9 Å². The molecule has 0 spiro atoms. The zero-order chi connectivity index (χ0) is 22.0. The first-order valence-electron chi connectivity index (χ1n) is 11.5. The molecule has 166 valence electrons. The second-order valence-electron chi connectivity index (χ2n) is 8.50. The number of nitrogens with zero attached hydrogens (tertiary/aromatic N) is 7. The van der Waals surface area contributed by atoms with Crippen molar-refractivity contribution in [3.63, 3.8) is 0 Å². The zero-order valence-electron chi connectivity index (χ0n) is 18.3. The van der Waals surface area contributed by atoms with Crippen LogP contribution in [0.2, 0.25) is 0 Å². The van der Waals surface area contributed by atoms with Gasteiger partial charge >= 0.3 is 0 Å². The number of hydrogen-bond acceptors (Lipinski definition) is 9. The average Bonchev–Trinajstić information content (AvgIpc) is 2.84. The molecule has 4 aromatic heterocycles. The Labute approximate surface area is 191 Å². The van der Waals surface area contributed by atoms with E-state index >= 15 is 0 Å². The van der Waals surface area contributed by atoms with Crippen molar-refractivity contribution in [2.45, 2.75) is 25.2 Å². The summed E-state index contributed by atoms with van der Waals surface area (Å²) in [5.74, 6) is 3.55. The predicted octanol–water partition coefficient (Wildman–Crippen LogP) is 3.30. The fourth-order valence-corrected chi connectivity index (χ4v) is 4.49. The van der Waals surface area contributed by atoms with Gasteiger partial charge < -0.3 is 15.5 Å². The maximum atomic E-state index is 5.12. The molecule has 1 saturated carbocycles. The Morgan fingerprint density at radius 3 is 2.58 bits per heavy atom. The maximum Gasteiger partial charge on any atom is 0.162 e. The molecule has 9 nitrogen and oxygen atoms in total. The topological polar surface area (TPSA) is 105 Å². The Morgan fingerprint density at radius 1 is 0.909 bits per heavy atom. The first-order valence-corrected chi connectivity index (χ1v) is 11.5. The summed E-state index contributed by atoms with van der Waals surface area (Å²) in [7, 11) is 0. The summed E-state index contributed by atoms with van der Waals surface area (Å²) in [5, 5.41) is 7.80. The zero-order valence-corrected chi connectivity index (χ0v) is 18.3. The maximum absolute atomic E-state index is 5.12. The van der Waals surface area contributed by atoms with Gasteiger partial charge in [-0.1, -0.05) is 6.42 Å². The van der Waals surface area contributed by atoms with Crippen molar-refractivity contribution in [2.75, 3.05) is 36.4 Å². The second-order valence-corrected chi connectivity index (χ2v) is 8.50. The van der Waals surface area contributed by atoms with Crippen molar-refractivity contribution in [3.8, 4) is 11.4 Å². The third-order valence-electron chi connectivity index (χ3n) is 6.42. The Morgan fingerprint density at radius 2 is 1.79 bits per heavy atom. The van der Waals surface area contributed by atoms with E-state index in [0.717, 1.165) is 48.5 Å². The highest BCUT2D eigenvalue weighted by Gasteiger charge is 2.26. The first-order chi connectivity index (χ1) is 16.3. The molecule has 0 bridgehead atoms. The van der Waals surface area contributed by atoms with Crippen LogP contribution in [-0.2, 0) is 0 Å². The van der Waals surface area contributed by atoms with Gasteiger partial charge in [-0.25, -0.2) is 19.9 Å². The molecule has 33 heavy (non-hydrogen) atoms. The molecule has 0 aromatic carbocycles. The Hall–Kier alpha value is -3.72. The molecule has 0 atom stereocenters. The molecular formula is C24H25N9. The van der Waals surface area contributed by atoms with E-state index in [1.54, 1.807) is 24.8 Å². The quantitative estimate of drug-likeness (QED) is 0.484. The smallest absolute Gasteiger partial charge is 0.162 e. The lowest BCUT2D eigenvalue weighted by Gasteiger charge is -2.32. The molecule has 0 radical (unpaired) electrons. The third-order valence-corrected chi connectivity index (χ3v) is 6.42. The molecule has 0 unspecified atom stereocenters. The van der Waals surface area contributed by atoms with Gasteiger partial charge in [0, 0.05) is 61.9 Å². The van der Waals surface area contributed by atoms with Gasteiger partial charge in [-0.15, -0.1) is 0 Å². The van der Waals surface area contributed by atoms with Crippen LogP contribution in [0.15, 0.2) is 49.3 Å². The lowest BCUT2D eigenvalue weighted by atomic mass is 9.79. The summed E-state index contributed by atoms with van der Waals surface area (Å²) < 4.78 is 0. The summed E-state index contributed by atoms with van der Waals surface area (Å²) in [6.45, 7) is 3.75. The summed E-state index contributed by atoms with van der Waals surface area (Å²) in [4.78, 5) is 29.8. The van der Waals surface area contributed by atoms with Gasteiger partial charge in [0.1, 0.15) is 17.5 Å². The largest absolute Gasteiger partial charge is 0.353 e. The van der Waals surface area contributed by atoms with E-state index < -0.39 is 0 Å². The van der Waals surface area contributed by atoms with E-state index in [0.29, 0.717) is 23.4 Å². The van der Waals surface area contributed by atoms with Crippen molar-refractivity contribution in [3.05, 3.63) is 54.9 Å². The van der Waals surface area contributed by atoms with Gasteiger partial charge in [0.15, 0.2) is 5.82 Å². The Bertz CT molecular complexity index is 1270. The number of fused-ring (bicyclic) bond motifs is 1. The highest BCUT2D eigenvalue weighted by molar-refractivity contribution is 5.94. The van der Waals surface area contributed by atoms with Crippen LogP contribution in [-0.4, -0.2) is 56.1 Å². The second kappa shape index (κ2) is 8.67. The fraction of sp³-hybridized carbons (Fsp3) is 0.333. The third kappa shape index (κ3) is 3.95. The minimum absolute atomic E-state index is 0.557. The van der Waals surface area contributed by atoms with E-state index in [1.165, 1.54) is 24.8 Å². The van der Waals surface area contributed by atoms with E-state index in [9.17, 15) is 0 Å². The number of nitrogens with one attached hydrogen (secondary N) is 2. The molecule has 0 amide bonds. The minimum Gasteiger partial charge on any atom is -0.353 e. The summed E-state index contributed by atoms with van der Waals surface area (Å²) >= 11 is 0. The Balaban J connectivity index is 1.45. The van der Waals surface area contributed by atoms with E-state index in [-0.39, 0.29) is 0 Å². The van der Waals surface area contributed by atoms with E-state index in [1.807, 2.05) is 24.5 Å². The van der Waals surface area contributed by atoms with Crippen LogP contribution < -0.4 is 15.5 Å². The average molecular weight is 440 g/mol. The predicted molar refractivity (Wildman–Crippen MR) is 128 cm³/mol. The first kappa shape index (κ1) is 19.9. The molecule has 6 rings (SSSR count). The van der Waals surface area contributed by atoms with Crippen molar-refractivity contribution in [1.29, 1.82) is 0 Å². The number of pyridine rings is 2. The molecule has 2 aliphatic rings. The van der Waals surface area contributed by atoms with Crippen LogP contribution >= 0.6 is 0 Å². The molecule has 1 aliphatic heterocycles. The van der Waals surface area contributed by atoms with Crippen LogP contribution in [0.1, 0.15) is 30.7 Å². The molecule has 2 fully saturated rings. The molecule has 9 heteroatoms. The van der Waals surface area contributed by atoms with E-state index in [4.69, 9.17) is 9.97 Å². The normalized spacial score (nSPS) is 16.5. The fourth-order valence-electron chi connectivity index (χ4n) is 4.49. The van der Waals surface area contributed by atoms with Crippen molar-refractivity contribution < 1.29 is 0 Å². The molecule has 2 N–H and O–H groups in total. The lowest BCUT2D eigenvalue weighted by Crippen LogP contribution is -2.44. The van der Waals surface area contributed by atoms with Crippen LogP contribution in [0, 0.1) is 0 Å². The van der Waals surface area contributed by atoms with Gasteiger partial charge in [-0.3, -0.25) is 9.97 Å². The van der Waals surface area contributed by atoms with Crippen LogP contribution in [0.5, 0.6) is 0 Å².